The average Bonchev–Trinajstić information content (AvgIpc) is 2.85. The number of nitrogens with one attached hydrogen (secondary N) is 2. The first-order valence-corrected chi connectivity index (χ1v) is 8.35. The Morgan fingerprint density at radius 1 is 1.33 bits per heavy atom. The van der Waals surface area contributed by atoms with Crippen molar-refractivity contribution in [2.24, 2.45) is 0 Å². The monoisotopic (exact) mass is 331 g/mol. The highest BCUT2D eigenvalue weighted by molar-refractivity contribution is 7.80. The smallest absolute Gasteiger partial charge is 0.166 e. The number of aromatic nitrogens is 2. The van der Waals surface area contributed by atoms with Crippen LogP contribution >= 0.6 is 23.8 Å². The van der Waals surface area contributed by atoms with Crippen LogP contribution in [-0.4, -0.2) is 46.0 Å². The molecule has 0 saturated carbocycles. The van der Waals surface area contributed by atoms with E-state index in [0.717, 1.165) is 44.8 Å². The van der Waals surface area contributed by atoms with Gasteiger partial charge in [0.15, 0.2) is 5.11 Å². The van der Waals surface area contributed by atoms with Gasteiger partial charge in [-0.3, -0.25) is 4.68 Å². The molecule has 0 unspecified atom stereocenters. The van der Waals surface area contributed by atoms with E-state index in [-0.39, 0.29) is 0 Å². The summed E-state index contributed by atoms with van der Waals surface area (Å²) in [7, 11) is 0. The van der Waals surface area contributed by atoms with E-state index in [9.17, 15) is 0 Å². The fourth-order valence-corrected chi connectivity index (χ4v) is 2.38. The van der Waals surface area contributed by atoms with Crippen molar-refractivity contribution < 1.29 is 0 Å². The summed E-state index contributed by atoms with van der Waals surface area (Å²) in [5, 5.41) is 12.0. The number of rotatable bonds is 9. The average molecular weight is 332 g/mol. The summed E-state index contributed by atoms with van der Waals surface area (Å²) < 4.78 is 1.82. The standard InChI is InChI=1S/C14H26ClN5S/c1-4-19(5-2)9-7-8-16-14(21)17-10-13-12(15)11-20(6-3)18-13/h11H,4-10H2,1-3H3,(H2,16,17,21). The first kappa shape index (κ1) is 18.2. The highest BCUT2D eigenvalue weighted by atomic mass is 35.5. The number of hydrogen-bond donors (Lipinski definition) is 2. The third-order valence-corrected chi connectivity index (χ3v) is 3.96. The lowest BCUT2D eigenvalue weighted by Crippen LogP contribution is -2.36. The van der Waals surface area contributed by atoms with Crippen molar-refractivity contribution in [2.45, 2.75) is 40.3 Å². The molecule has 120 valence electrons. The van der Waals surface area contributed by atoms with Gasteiger partial charge in [-0.05, 0) is 45.2 Å². The number of aryl methyl sites for hydroxylation is 1. The number of nitrogens with zero attached hydrogens (tertiary/aromatic N) is 3. The van der Waals surface area contributed by atoms with Crippen molar-refractivity contribution in [3.8, 4) is 0 Å². The predicted octanol–water partition coefficient (Wildman–Crippen LogP) is 2.25. The van der Waals surface area contributed by atoms with Crippen LogP contribution in [0.3, 0.4) is 0 Å². The molecular weight excluding hydrogens is 306 g/mol. The molecule has 1 aromatic heterocycles. The summed E-state index contributed by atoms with van der Waals surface area (Å²) in [4.78, 5) is 2.40. The third-order valence-electron chi connectivity index (χ3n) is 3.36. The van der Waals surface area contributed by atoms with Gasteiger partial charge in [0.2, 0.25) is 0 Å². The summed E-state index contributed by atoms with van der Waals surface area (Å²) in [5.74, 6) is 0. The SMILES string of the molecule is CCN(CC)CCCNC(=S)NCc1nn(CC)cc1Cl. The molecule has 0 fully saturated rings. The second kappa shape index (κ2) is 9.97. The van der Waals surface area contributed by atoms with Gasteiger partial charge >= 0.3 is 0 Å². The quantitative estimate of drug-likeness (QED) is 0.537. The molecule has 1 rings (SSSR count). The van der Waals surface area contributed by atoms with Crippen molar-refractivity contribution >= 4 is 28.9 Å². The van der Waals surface area contributed by atoms with E-state index >= 15 is 0 Å². The van der Waals surface area contributed by atoms with E-state index in [1.54, 1.807) is 0 Å². The van der Waals surface area contributed by atoms with Gasteiger partial charge in [0.05, 0.1) is 11.6 Å². The second-order valence-corrected chi connectivity index (χ2v) is 5.58. The molecule has 1 aromatic rings. The summed E-state index contributed by atoms with van der Waals surface area (Å²) in [6.07, 6.45) is 2.91. The Labute approximate surface area is 138 Å². The van der Waals surface area contributed by atoms with Gasteiger partial charge in [-0.15, -0.1) is 0 Å². The van der Waals surface area contributed by atoms with E-state index < -0.39 is 0 Å². The molecule has 0 radical (unpaired) electrons. The van der Waals surface area contributed by atoms with Crippen LogP contribution in [0.5, 0.6) is 0 Å². The van der Waals surface area contributed by atoms with E-state index in [2.05, 4.69) is 34.5 Å². The van der Waals surface area contributed by atoms with Crippen molar-refractivity contribution in [1.82, 2.24) is 25.3 Å². The Morgan fingerprint density at radius 2 is 2.05 bits per heavy atom. The number of thiocarbonyl (C=S) groups is 1. The molecule has 0 aliphatic heterocycles. The zero-order chi connectivity index (χ0) is 15.7. The van der Waals surface area contributed by atoms with Gasteiger partial charge in [0.25, 0.3) is 0 Å². The first-order chi connectivity index (χ1) is 10.1. The maximum Gasteiger partial charge on any atom is 0.166 e. The van der Waals surface area contributed by atoms with Gasteiger partial charge in [0.1, 0.15) is 5.69 Å². The number of hydrogen-bond acceptors (Lipinski definition) is 3. The van der Waals surface area contributed by atoms with Gasteiger partial charge in [-0.2, -0.15) is 5.10 Å². The van der Waals surface area contributed by atoms with Crippen LogP contribution < -0.4 is 10.6 Å². The molecule has 0 amide bonds. The Morgan fingerprint density at radius 3 is 2.62 bits per heavy atom. The van der Waals surface area contributed by atoms with Crippen LogP contribution in [0.1, 0.15) is 32.9 Å². The van der Waals surface area contributed by atoms with Gasteiger partial charge in [-0.1, -0.05) is 25.4 Å². The normalized spacial score (nSPS) is 10.9. The Bertz CT molecular complexity index is 431. The molecule has 0 bridgehead atoms. The molecule has 0 aliphatic carbocycles. The van der Waals surface area contributed by atoms with Gasteiger partial charge < -0.3 is 15.5 Å². The molecule has 5 nitrogen and oxygen atoms in total. The van der Waals surface area contributed by atoms with Crippen molar-refractivity contribution in [3.63, 3.8) is 0 Å². The fraction of sp³-hybridized carbons (Fsp3) is 0.714. The van der Waals surface area contributed by atoms with Crippen LogP contribution in [0.15, 0.2) is 6.20 Å². The number of halogens is 1. The molecule has 0 saturated heterocycles. The first-order valence-electron chi connectivity index (χ1n) is 7.56. The maximum atomic E-state index is 6.11. The van der Waals surface area contributed by atoms with Crippen molar-refractivity contribution in [3.05, 3.63) is 16.9 Å². The van der Waals surface area contributed by atoms with E-state index in [0.29, 0.717) is 16.7 Å². The topological polar surface area (TPSA) is 45.1 Å². The molecule has 0 aromatic carbocycles. The minimum absolute atomic E-state index is 0.549. The highest BCUT2D eigenvalue weighted by Crippen LogP contribution is 2.13. The highest BCUT2D eigenvalue weighted by Gasteiger charge is 2.06. The predicted molar refractivity (Wildman–Crippen MR) is 92.8 cm³/mol. The molecule has 0 atom stereocenters. The summed E-state index contributed by atoms with van der Waals surface area (Å²) in [5.41, 5.74) is 0.825. The maximum absolute atomic E-state index is 6.11. The Hall–Kier alpha value is -0.850. The van der Waals surface area contributed by atoms with Crippen LogP contribution in [0.4, 0.5) is 0 Å². The molecule has 0 aliphatic rings. The second-order valence-electron chi connectivity index (χ2n) is 4.77. The zero-order valence-corrected chi connectivity index (χ0v) is 14.7. The summed E-state index contributed by atoms with van der Waals surface area (Å²) in [6, 6.07) is 0. The van der Waals surface area contributed by atoms with Crippen LogP contribution in [0.2, 0.25) is 5.02 Å². The lowest BCUT2D eigenvalue weighted by Gasteiger charge is -2.18. The van der Waals surface area contributed by atoms with Crippen LogP contribution in [0.25, 0.3) is 0 Å². The molecule has 7 heteroatoms. The van der Waals surface area contributed by atoms with Crippen molar-refractivity contribution in [1.29, 1.82) is 0 Å². The van der Waals surface area contributed by atoms with Crippen LogP contribution in [-0.2, 0) is 13.1 Å². The molecule has 0 spiro atoms. The zero-order valence-electron chi connectivity index (χ0n) is 13.2. The summed E-state index contributed by atoms with van der Waals surface area (Å²) >= 11 is 11.4. The van der Waals surface area contributed by atoms with E-state index in [4.69, 9.17) is 23.8 Å². The molecule has 1 heterocycles. The molecule has 2 N–H and O–H groups in total. The van der Waals surface area contributed by atoms with Gasteiger partial charge in [0, 0.05) is 19.3 Å². The Balaban J connectivity index is 2.20. The lowest BCUT2D eigenvalue weighted by molar-refractivity contribution is 0.300. The Kier molecular flexibility index (Phi) is 8.64. The lowest BCUT2D eigenvalue weighted by atomic mass is 10.3. The largest absolute Gasteiger partial charge is 0.363 e. The van der Waals surface area contributed by atoms with E-state index in [1.165, 1.54) is 0 Å². The van der Waals surface area contributed by atoms with Gasteiger partial charge in [-0.25, -0.2) is 0 Å². The minimum atomic E-state index is 0.549. The molecular formula is C14H26ClN5S. The van der Waals surface area contributed by atoms with E-state index in [1.807, 2.05) is 17.8 Å². The third kappa shape index (κ3) is 6.63. The summed E-state index contributed by atoms with van der Waals surface area (Å²) in [6.45, 7) is 11.9. The van der Waals surface area contributed by atoms with Crippen LogP contribution in [0, 0.1) is 0 Å². The fourth-order valence-electron chi connectivity index (χ4n) is 1.99. The molecule has 21 heavy (non-hydrogen) atoms. The van der Waals surface area contributed by atoms with Crippen molar-refractivity contribution in [2.75, 3.05) is 26.2 Å². The minimum Gasteiger partial charge on any atom is -0.363 e.